The lowest BCUT2D eigenvalue weighted by atomic mass is 9.74. The van der Waals surface area contributed by atoms with Gasteiger partial charge in [-0.15, -0.1) is 0 Å². The number of carbonyl (C=O) groups excluding carboxylic acids is 2. The Balaban J connectivity index is 1.55. The number of hydrogen-bond acceptors (Lipinski definition) is 6. The SMILES string of the molecule is C[SiH](C)OC1CCC(C(C)(C)C)c2cc(Cl)ccc2N1C(=O)c1ccc(NC(=O)c2ccccc2-c2ccccc2)cc1C=NNO. The molecule has 1 aliphatic heterocycles. The van der Waals surface area contributed by atoms with Crippen LogP contribution in [0.2, 0.25) is 18.1 Å². The van der Waals surface area contributed by atoms with E-state index in [-0.39, 0.29) is 23.1 Å². The lowest BCUT2D eigenvalue weighted by Crippen LogP contribution is -2.44. The molecule has 0 radical (unpaired) electrons. The largest absolute Gasteiger partial charge is 0.400 e. The van der Waals surface area contributed by atoms with E-state index in [9.17, 15) is 14.8 Å². The number of carbonyl (C=O) groups is 2. The van der Waals surface area contributed by atoms with E-state index in [1.165, 1.54) is 6.21 Å². The Labute approximate surface area is 283 Å². The Morgan fingerprint density at radius 3 is 2.38 bits per heavy atom. The van der Waals surface area contributed by atoms with Crippen LogP contribution in [0.25, 0.3) is 11.1 Å². The van der Waals surface area contributed by atoms with Crippen LogP contribution in [0, 0.1) is 5.41 Å². The summed E-state index contributed by atoms with van der Waals surface area (Å²) < 4.78 is 6.54. The Bertz CT molecular complexity index is 1770. The summed E-state index contributed by atoms with van der Waals surface area (Å²) in [6.07, 6.45) is 2.36. The van der Waals surface area contributed by atoms with Crippen LogP contribution in [-0.4, -0.2) is 38.5 Å². The van der Waals surface area contributed by atoms with E-state index < -0.39 is 15.3 Å². The molecule has 2 amide bonds. The van der Waals surface area contributed by atoms with E-state index in [1.807, 2.05) is 60.7 Å². The number of anilines is 2. The van der Waals surface area contributed by atoms with Crippen LogP contribution in [0.1, 0.15) is 71.4 Å². The molecule has 47 heavy (non-hydrogen) atoms. The highest BCUT2D eigenvalue weighted by Crippen LogP contribution is 2.47. The Morgan fingerprint density at radius 1 is 0.957 bits per heavy atom. The Kier molecular flexibility index (Phi) is 10.6. The van der Waals surface area contributed by atoms with Gasteiger partial charge < -0.3 is 9.74 Å². The average Bonchev–Trinajstić information content (AvgIpc) is 3.20. The quantitative estimate of drug-likeness (QED) is 0.0993. The van der Waals surface area contributed by atoms with Gasteiger partial charge in [-0.05, 0) is 96.4 Å². The van der Waals surface area contributed by atoms with Crippen LogP contribution in [0.15, 0.2) is 96.1 Å². The number of rotatable bonds is 8. The van der Waals surface area contributed by atoms with E-state index in [1.54, 1.807) is 40.8 Å². The van der Waals surface area contributed by atoms with Gasteiger partial charge in [0.2, 0.25) is 0 Å². The van der Waals surface area contributed by atoms with E-state index in [2.05, 4.69) is 44.3 Å². The summed E-state index contributed by atoms with van der Waals surface area (Å²) in [5.74, 6) is -0.437. The van der Waals surface area contributed by atoms with E-state index >= 15 is 0 Å². The molecule has 2 unspecified atom stereocenters. The van der Waals surface area contributed by atoms with E-state index in [0.29, 0.717) is 33.8 Å². The fourth-order valence-electron chi connectivity index (χ4n) is 6.27. The zero-order chi connectivity index (χ0) is 33.7. The lowest BCUT2D eigenvalue weighted by molar-refractivity contribution is 0.0902. The van der Waals surface area contributed by atoms with Gasteiger partial charge in [-0.25, -0.2) is 0 Å². The fraction of sp³-hybridized carbons (Fsp3) is 0.270. The summed E-state index contributed by atoms with van der Waals surface area (Å²) in [6, 6.07) is 27.8. The van der Waals surface area contributed by atoms with Crippen molar-refractivity contribution in [3.63, 3.8) is 0 Å². The Hall–Kier alpha value is -4.28. The van der Waals surface area contributed by atoms with Crippen LogP contribution in [0.3, 0.4) is 0 Å². The number of halogens is 1. The van der Waals surface area contributed by atoms with Crippen molar-refractivity contribution < 1.29 is 19.2 Å². The summed E-state index contributed by atoms with van der Waals surface area (Å²) in [5.41, 5.74) is 6.91. The second-order valence-corrected chi connectivity index (χ2v) is 15.8. The molecule has 3 N–H and O–H groups in total. The van der Waals surface area contributed by atoms with Crippen molar-refractivity contribution in [3.8, 4) is 11.1 Å². The molecular weight excluding hydrogens is 628 g/mol. The van der Waals surface area contributed by atoms with Gasteiger partial charge in [-0.2, -0.15) is 10.7 Å². The first kappa shape index (κ1) is 34.1. The van der Waals surface area contributed by atoms with Crippen molar-refractivity contribution in [2.24, 2.45) is 10.5 Å². The number of hydrazone groups is 1. The van der Waals surface area contributed by atoms with Gasteiger partial charge in [-0.3, -0.25) is 19.7 Å². The van der Waals surface area contributed by atoms with Crippen LogP contribution in [0.5, 0.6) is 0 Å². The molecule has 2 atom stereocenters. The molecule has 0 saturated heterocycles. The fourth-order valence-corrected chi connectivity index (χ4v) is 7.34. The molecule has 0 bridgehead atoms. The first-order chi connectivity index (χ1) is 22.5. The zero-order valence-electron chi connectivity index (χ0n) is 27.3. The lowest BCUT2D eigenvalue weighted by Gasteiger charge is -2.34. The number of benzene rings is 4. The normalized spacial score (nSPS) is 16.6. The van der Waals surface area contributed by atoms with Gasteiger partial charge in [0.05, 0.1) is 11.9 Å². The second kappa shape index (κ2) is 14.6. The number of fused-ring (bicyclic) bond motifs is 1. The summed E-state index contributed by atoms with van der Waals surface area (Å²) >= 11 is 6.53. The maximum Gasteiger partial charge on any atom is 0.261 e. The van der Waals surface area contributed by atoms with Crippen LogP contribution >= 0.6 is 11.6 Å². The number of hydrogen-bond donors (Lipinski definition) is 3. The molecule has 0 aliphatic carbocycles. The molecule has 0 saturated carbocycles. The van der Waals surface area contributed by atoms with Gasteiger partial charge in [-0.1, -0.05) is 80.9 Å². The third-order valence-electron chi connectivity index (χ3n) is 8.37. The minimum Gasteiger partial charge on any atom is -0.400 e. The monoisotopic (exact) mass is 668 g/mol. The van der Waals surface area contributed by atoms with Crippen LogP contribution < -0.4 is 15.8 Å². The van der Waals surface area contributed by atoms with Gasteiger partial charge in [0, 0.05) is 27.4 Å². The summed E-state index contributed by atoms with van der Waals surface area (Å²) in [5, 5.41) is 16.7. The molecule has 244 valence electrons. The molecule has 4 aromatic carbocycles. The predicted octanol–water partition coefficient (Wildman–Crippen LogP) is 8.47. The minimum absolute atomic E-state index is 0.0815. The van der Waals surface area contributed by atoms with Gasteiger partial charge in [0.1, 0.15) is 6.23 Å². The number of nitrogens with one attached hydrogen (secondary N) is 2. The smallest absolute Gasteiger partial charge is 0.261 e. The molecule has 10 heteroatoms. The van der Waals surface area contributed by atoms with Crippen LogP contribution in [0.4, 0.5) is 11.4 Å². The van der Waals surface area contributed by atoms with Gasteiger partial charge in [0.25, 0.3) is 11.8 Å². The average molecular weight is 669 g/mol. The maximum absolute atomic E-state index is 14.7. The highest BCUT2D eigenvalue weighted by molar-refractivity contribution is 6.48. The van der Waals surface area contributed by atoms with Crippen molar-refractivity contribution >= 4 is 50.0 Å². The summed E-state index contributed by atoms with van der Waals surface area (Å²) in [6.45, 7) is 10.8. The molecule has 1 aliphatic rings. The third-order valence-corrected chi connectivity index (χ3v) is 9.46. The first-order valence-electron chi connectivity index (χ1n) is 15.8. The van der Waals surface area contributed by atoms with Crippen molar-refractivity contribution in [1.29, 1.82) is 0 Å². The minimum atomic E-state index is -1.57. The van der Waals surface area contributed by atoms with Gasteiger partial charge in [0.15, 0.2) is 9.04 Å². The summed E-state index contributed by atoms with van der Waals surface area (Å²) in [4.78, 5) is 30.0. The van der Waals surface area contributed by atoms with Crippen molar-refractivity contribution in [3.05, 3.63) is 118 Å². The molecule has 8 nitrogen and oxygen atoms in total. The molecule has 0 spiro atoms. The molecule has 1 heterocycles. The number of nitrogens with zero attached hydrogens (tertiary/aromatic N) is 2. The van der Waals surface area contributed by atoms with E-state index in [4.69, 9.17) is 16.0 Å². The molecule has 5 rings (SSSR count). The molecular formula is C37H41ClN4O4Si. The highest BCUT2D eigenvalue weighted by atomic mass is 35.5. The van der Waals surface area contributed by atoms with E-state index in [0.717, 1.165) is 28.8 Å². The maximum atomic E-state index is 14.7. The Morgan fingerprint density at radius 2 is 1.68 bits per heavy atom. The highest BCUT2D eigenvalue weighted by Gasteiger charge is 2.39. The van der Waals surface area contributed by atoms with Crippen molar-refractivity contribution in [2.75, 3.05) is 10.2 Å². The third kappa shape index (κ3) is 7.82. The second-order valence-electron chi connectivity index (χ2n) is 13.0. The van der Waals surface area contributed by atoms with Crippen molar-refractivity contribution in [1.82, 2.24) is 5.59 Å². The number of amides is 2. The zero-order valence-corrected chi connectivity index (χ0v) is 29.2. The molecule has 0 aromatic heterocycles. The first-order valence-corrected chi connectivity index (χ1v) is 18.9. The summed E-state index contributed by atoms with van der Waals surface area (Å²) in [7, 11) is -1.57. The molecule has 4 aromatic rings. The van der Waals surface area contributed by atoms with Gasteiger partial charge >= 0.3 is 0 Å². The standard InChI is InChI=1S/C37H41ClN4O4Si/c1-37(2,3)32-18-20-34(46-47(4)5)42(33-19-15-26(38)22-31(32)33)36(44)29-17-16-27(21-25(29)23-39-41-45)40-35(43)30-14-10-9-13-28(30)24-11-7-6-8-12-24/h6-17,19,21-23,32,34,41,45,47H,18,20H2,1-5H3,(H,40,43). The molecule has 0 fully saturated rings. The predicted molar refractivity (Wildman–Crippen MR) is 192 cm³/mol. The topological polar surface area (TPSA) is 103 Å². The van der Waals surface area contributed by atoms with Crippen LogP contribution in [-0.2, 0) is 4.43 Å². The van der Waals surface area contributed by atoms with Crippen molar-refractivity contribution in [2.45, 2.75) is 58.9 Å².